The fourth-order valence-corrected chi connectivity index (χ4v) is 3.39. The van der Waals surface area contributed by atoms with E-state index >= 15 is 0 Å². The van der Waals surface area contributed by atoms with Gasteiger partial charge in [-0.1, -0.05) is 24.6 Å². The first kappa shape index (κ1) is 16.2. The van der Waals surface area contributed by atoms with Crippen LogP contribution < -0.4 is 10.6 Å². The summed E-state index contributed by atoms with van der Waals surface area (Å²) in [6.45, 7) is 1.31. The summed E-state index contributed by atoms with van der Waals surface area (Å²) < 4.78 is 0. The normalized spacial score (nSPS) is 21.8. The first-order chi connectivity index (χ1) is 10.2. The molecule has 3 N–H and O–H groups in total. The summed E-state index contributed by atoms with van der Waals surface area (Å²) >= 11 is 1.73. The molecule has 0 bridgehead atoms. The third kappa shape index (κ3) is 6.40. The molecule has 0 aliphatic heterocycles. The van der Waals surface area contributed by atoms with Crippen molar-refractivity contribution in [2.24, 2.45) is 5.92 Å². The van der Waals surface area contributed by atoms with E-state index in [9.17, 15) is 9.90 Å². The van der Waals surface area contributed by atoms with Gasteiger partial charge in [0.05, 0.1) is 6.10 Å². The molecule has 116 valence electrons. The van der Waals surface area contributed by atoms with Crippen molar-refractivity contribution in [2.45, 2.75) is 36.7 Å². The molecule has 1 aliphatic rings. The Labute approximate surface area is 130 Å². The molecule has 5 heteroatoms. The second-order valence-corrected chi connectivity index (χ2v) is 6.65. The number of hydrogen-bond acceptors (Lipinski definition) is 3. The van der Waals surface area contributed by atoms with Gasteiger partial charge in [0.25, 0.3) is 0 Å². The van der Waals surface area contributed by atoms with Crippen LogP contribution >= 0.6 is 11.8 Å². The van der Waals surface area contributed by atoms with E-state index in [1.807, 2.05) is 18.2 Å². The van der Waals surface area contributed by atoms with Gasteiger partial charge in [0, 0.05) is 23.7 Å². The highest BCUT2D eigenvalue weighted by molar-refractivity contribution is 7.99. The molecule has 1 fully saturated rings. The predicted octanol–water partition coefficient (Wildman–Crippen LogP) is 2.63. The minimum absolute atomic E-state index is 0.108. The van der Waals surface area contributed by atoms with E-state index in [1.165, 1.54) is 4.90 Å². The van der Waals surface area contributed by atoms with E-state index in [2.05, 4.69) is 22.8 Å². The zero-order chi connectivity index (χ0) is 14.9. The summed E-state index contributed by atoms with van der Waals surface area (Å²) in [5, 5.41) is 15.4. The van der Waals surface area contributed by atoms with Crippen LogP contribution in [0.4, 0.5) is 4.79 Å². The zero-order valence-corrected chi connectivity index (χ0v) is 13.1. The Morgan fingerprint density at radius 2 is 2.05 bits per heavy atom. The first-order valence-electron chi connectivity index (χ1n) is 7.61. The van der Waals surface area contributed by atoms with Gasteiger partial charge in [-0.2, -0.15) is 0 Å². The highest BCUT2D eigenvalue weighted by atomic mass is 32.2. The number of urea groups is 1. The molecule has 1 aliphatic carbocycles. The van der Waals surface area contributed by atoms with Crippen LogP contribution in [0.15, 0.2) is 35.2 Å². The number of aliphatic hydroxyl groups is 1. The van der Waals surface area contributed by atoms with Gasteiger partial charge < -0.3 is 15.7 Å². The summed E-state index contributed by atoms with van der Waals surface area (Å²) in [6.07, 6.45) is 3.68. The van der Waals surface area contributed by atoms with Gasteiger partial charge in [-0.05, 0) is 37.3 Å². The van der Waals surface area contributed by atoms with Crippen LogP contribution in [-0.2, 0) is 0 Å². The van der Waals surface area contributed by atoms with Gasteiger partial charge in [0.15, 0.2) is 0 Å². The molecular formula is C16H24N2O2S. The van der Waals surface area contributed by atoms with E-state index in [0.717, 1.165) is 31.4 Å². The fourth-order valence-electron chi connectivity index (χ4n) is 2.60. The number of carbonyl (C=O) groups is 1. The molecule has 0 aromatic heterocycles. The van der Waals surface area contributed by atoms with Crippen LogP contribution in [0.1, 0.15) is 25.7 Å². The molecule has 0 heterocycles. The third-order valence-corrected chi connectivity index (χ3v) is 4.72. The SMILES string of the molecule is O=C(NCCSc1ccccc1)NCC1CCCC(O)C1. The van der Waals surface area contributed by atoms with E-state index in [1.54, 1.807) is 11.8 Å². The molecule has 0 spiro atoms. The first-order valence-corrected chi connectivity index (χ1v) is 8.60. The summed E-state index contributed by atoms with van der Waals surface area (Å²) in [5.41, 5.74) is 0. The number of nitrogens with one attached hydrogen (secondary N) is 2. The Morgan fingerprint density at radius 3 is 2.81 bits per heavy atom. The molecule has 2 amide bonds. The maximum Gasteiger partial charge on any atom is 0.314 e. The van der Waals surface area contributed by atoms with Crippen molar-refractivity contribution in [1.82, 2.24) is 10.6 Å². The van der Waals surface area contributed by atoms with Crippen molar-refractivity contribution in [3.05, 3.63) is 30.3 Å². The maximum atomic E-state index is 11.7. The van der Waals surface area contributed by atoms with Crippen molar-refractivity contribution in [1.29, 1.82) is 0 Å². The monoisotopic (exact) mass is 308 g/mol. The Morgan fingerprint density at radius 1 is 1.24 bits per heavy atom. The second kappa shape index (κ2) is 8.95. The van der Waals surface area contributed by atoms with Crippen molar-refractivity contribution >= 4 is 17.8 Å². The van der Waals surface area contributed by atoms with Crippen LogP contribution in [0, 0.1) is 5.92 Å². The number of carbonyl (C=O) groups excluding carboxylic acids is 1. The molecule has 1 aromatic carbocycles. The number of hydrogen-bond donors (Lipinski definition) is 3. The lowest BCUT2D eigenvalue weighted by Crippen LogP contribution is -2.40. The second-order valence-electron chi connectivity index (χ2n) is 5.48. The lowest BCUT2D eigenvalue weighted by molar-refractivity contribution is 0.101. The molecule has 1 aromatic rings. The average molecular weight is 308 g/mol. The molecule has 2 atom stereocenters. The van der Waals surface area contributed by atoms with Gasteiger partial charge in [-0.25, -0.2) is 4.79 Å². The summed E-state index contributed by atoms with van der Waals surface area (Å²) in [5.74, 6) is 1.28. The molecule has 4 nitrogen and oxygen atoms in total. The summed E-state index contributed by atoms with van der Waals surface area (Å²) in [7, 11) is 0. The maximum absolute atomic E-state index is 11.7. The molecule has 1 saturated carbocycles. The average Bonchev–Trinajstić information content (AvgIpc) is 2.51. The van der Waals surface area contributed by atoms with Crippen molar-refractivity contribution in [3.63, 3.8) is 0 Å². The largest absolute Gasteiger partial charge is 0.393 e. The molecule has 2 rings (SSSR count). The smallest absolute Gasteiger partial charge is 0.314 e. The fraction of sp³-hybridized carbons (Fsp3) is 0.562. The minimum Gasteiger partial charge on any atom is -0.393 e. The minimum atomic E-state index is -0.184. The number of rotatable bonds is 6. The topological polar surface area (TPSA) is 61.4 Å². The van der Waals surface area contributed by atoms with E-state index in [4.69, 9.17) is 0 Å². The highest BCUT2D eigenvalue weighted by Crippen LogP contribution is 2.23. The third-order valence-electron chi connectivity index (χ3n) is 3.71. The number of aliphatic hydroxyl groups excluding tert-OH is 1. The molecular weight excluding hydrogens is 284 g/mol. The van der Waals surface area contributed by atoms with E-state index in [0.29, 0.717) is 19.0 Å². The van der Waals surface area contributed by atoms with Crippen LogP contribution in [0.2, 0.25) is 0 Å². The summed E-state index contributed by atoms with van der Waals surface area (Å²) in [4.78, 5) is 12.9. The number of benzene rings is 1. The van der Waals surface area contributed by atoms with E-state index in [-0.39, 0.29) is 12.1 Å². The molecule has 0 radical (unpaired) electrons. The quantitative estimate of drug-likeness (QED) is 0.559. The van der Waals surface area contributed by atoms with Gasteiger partial charge in [0.1, 0.15) is 0 Å². The Balaban J connectivity index is 1.53. The lowest BCUT2D eigenvalue weighted by Gasteiger charge is -2.25. The Hall–Kier alpha value is -1.20. The highest BCUT2D eigenvalue weighted by Gasteiger charge is 2.20. The molecule has 0 saturated heterocycles. The van der Waals surface area contributed by atoms with Crippen LogP contribution in [0.3, 0.4) is 0 Å². The van der Waals surface area contributed by atoms with Gasteiger partial charge in [-0.15, -0.1) is 11.8 Å². The number of thioether (sulfide) groups is 1. The predicted molar refractivity (Wildman–Crippen MR) is 86.5 cm³/mol. The number of amides is 2. The molecule has 21 heavy (non-hydrogen) atoms. The Kier molecular flexibility index (Phi) is 6.89. The van der Waals surface area contributed by atoms with E-state index < -0.39 is 0 Å². The molecule has 2 unspecified atom stereocenters. The standard InChI is InChI=1S/C16H24N2O2S/c19-14-6-4-5-13(11-14)12-18-16(20)17-9-10-21-15-7-2-1-3-8-15/h1-3,7-8,13-14,19H,4-6,9-12H2,(H2,17,18,20). The van der Waals surface area contributed by atoms with Gasteiger partial charge in [0.2, 0.25) is 0 Å². The summed E-state index contributed by atoms with van der Waals surface area (Å²) in [6, 6.07) is 10.1. The van der Waals surface area contributed by atoms with Crippen molar-refractivity contribution in [2.75, 3.05) is 18.8 Å². The van der Waals surface area contributed by atoms with Crippen LogP contribution in [0.5, 0.6) is 0 Å². The Bertz CT molecular complexity index is 428. The zero-order valence-electron chi connectivity index (χ0n) is 12.3. The van der Waals surface area contributed by atoms with Gasteiger partial charge in [-0.3, -0.25) is 0 Å². The lowest BCUT2D eigenvalue weighted by atomic mass is 9.87. The van der Waals surface area contributed by atoms with Crippen LogP contribution in [0.25, 0.3) is 0 Å². The van der Waals surface area contributed by atoms with Crippen molar-refractivity contribution < 1.29 is 9.90 Å². The van der Waals surface area contributed by atoms with Crippen molar-refractivity contribution in [3.8, 4) is 0 Å². The van der Waals surface area contributed by atoms with Gasteiger partial charge >= 0.3 is 6.03 Å². The van der Waals surface area contributed by atoms with Crippen LogP contribution in [-0.4, -0.2) is 36.1 Å².